The second-order valence-electron chi connectivity index (χ2n) is 7.61. The number of rotatable bonds is 12. The first kappa shape index (κ1) is 24.2. The number of Topliss-reactive ketones (excluding diaryl/α,β-unsaturated/α-hetero) is 1. The average Bonchev–Trinajstić information content (AvgIpc) is 2.94. The van der Waals surface area contributed by atoms with E-state index in [9.17, 15) is 14.4 Å². The maximum Gasteiger partial charge on any atom is 0.305 e. The lowest BCUT2D eigenvalue weighted by Crippen LogP contribution is -2.23. The summed E-state index contributed by atoms with van der Waals surface area (Å²) in [7, 11) is 1.40. The van der Waals surface area contributed by atoms with Crippen molar-refractivity contribution < 1.29 is 23.9 Å². The van der Waals surface area contributed by atoms with Crippen molar-refractivity contribution in [1.82, 2.24) is 0 Å². The highest BCUT2D eigenvalue weighted by Crippen LogP contribution is 2.35. The van der Waals surface area contributed by atoms with Crippen LogP contribution in [0.1, 0.15) is 90.9 Å². The van der Waals surface area contributed by atoms with E-state index in [1.54, 1.807) is 0 Å². The van der Waals surface area contributed by atoms with Crippen LogP contribution in [0.25, 0.3) is 0 Å². The molecule has 1 rings (SSSR count). The number of hydrogen-bond acceptors (Lipinski definition) is 5. The van der Waals surface area contributed by atoms with Crippen molar-refractivity contribution in [3.05, 3.63) is 0 Å². The van der Waals surface area contributed by atoms with Gasteiger partial charge in [-0.2, -0.15) is 0 Å². The van der Waals surface area contributed by atoms with Gasteiger partial charge in [0.05, 0.1) is 13.0 Å². The van der Waals surface area contributed by atoms with Crippen LogP contribution in [-0.4, -0.2) is 30.9 Å². The Balaban J connectivity index is 2.52. The summed E-state index contributed by atoms with van der Waals surface area (Å²) in [4.78, 5) is 35.0. The van der Waals surface area contributed by atoms with Crippen molar-refractivity contribution in [2.75, 3.05) is 7.11 Å². The fourth-order valence-electron chi connectivity index (χ4n) is 3.72. The molecule has 1 aliphatic rings. The molecule has 1 fully saturated rings. The van der Waals surface area contributed by atoms with Gasteiger partial charge in [0.2, 0.25) is 0 Å². The number of ether oxygens (including phenoxy) is 2. The van der Waals surface area contributed by atoms with Crippen molar-refractivity contribution in [3.8, 4) is 11.8 Å². The third-order valence-corrected chi connectivity index (χ3v) is 5.27. The minimum absolute atomic E-state index is 0.145. The Hall–Kier alpha value is -1.83. The van der Waals surface area contributed by atoms with Crippen molar-refractivity contribution in [3.63, 3.8) is 0 Å². The second-order valence-corrected chi connectivity index (χ2v) is 7.61. The smallest absolute Gasteiger partial charge is 0.305 e. The largest absolute Gasteiger partial charge is 0.469 e. The van der Waals surface area contributed by atoms with Crippen molar-refractivity contribution in [2.24, 2.45) is 11.8 Å². The predicted molar refractivity (Wildman–Crippen MR) is 108 cm³/mol. The molecule has 0 N–H and O–H groups in total. The molecule has 0 aromatic heterocycles. The number of carbonyl (C=O) groups excluding carboxylic acids is 3. The Morgan fingerprint density at radius 3 is 2.46 bits per heavy atom. The van der Waals surface area contributed by atoms with Gasteiger partial charge in [-0.05, 0) is 19.3 Å². The van der Waals surface area contributed by atoms with E-state index >= 15 is 0 Å². The SMILES string of the molecule is CCCCCCC#C[C@@H]1[C@H](OC(C)=O)CC(=O)[C@@H]1CCCCCCC(=O)OC. The summed E-state index contributed by atoms with van der Waals surface area (Å²) >= 11 is 0. The zero-order valence-corrected chi connectivity index (χ0v) is 17.8. The molecule has 0 saturated heterocycles. The van der Waals surface area contributed by atoms with Crippen LogP contribution in [0.2, 0.25) is 0 Å². The van der Waals surface area contributed by atoms with Crippen molar-refractivity contribution >= 4 is 17.7 Å². The van der Waals surface area contributed by atoms with Gasteiger partial charge in [0.1, 0.15) is 11.9 Å². The molecule has 0 aliphatic heterocycles. The Morgan fingerprint density at radius 2 is 1.79 bits per heavy atom. The number of carbonyl (C=O) groups is 3. The first-order valence-electron chi connectivity index (χ1n) is 10.7. The van der Waals surface area contributed by atoms with Crippen LogP contribution < -0.4 is 0 Å². The fraction of sp³-hybridized carbons (Fsp3) is 0.783. The summed E-state index contributed by atoms with van der Waals surface area (Å²) in [5, 5.41) is 0. The first-order valence-corrected chi connectivity index (χ1v) is 10.7. The molecule has 0 heterocycles. The topological polar surface area (TPSA) is 69.7 Å². The summed E-state index contributed by atoms with van der Waals surface area (Å²) in [6, 6.07) is 0. The maximum atomic E-state index is 12.5. The highest BCUT2D eigenvalue weighted by molar-refractivity contribution is 5.85. The zero-order chi connectivity index (χ0) is 20.8. The van der Waals surface area contributed by atoms with Gasteiger partial charge in [0.15, 0.2) is 0 Å². The van der Waals surface area contributed by atoms with Gasteiger partial charge < -0.3 is 9.47 Å². The van der Waals surface area contributed by atoms with Crippen LogP contribution in [0.5, 0.6) is 0 Å². The van der Waals surface area contributed by atoms with E-state index in [-0.39, 0.29) is 36.0 Å². The van der Waals surface area contributed by atoms with Gasteiger partial charge in [-0.25, -0.2) is 0 Å². The molecule has 3 atom stereocenters. The van der Waals surface area contributed by atoms with Crippen LogP contribution in [-0.2, 0) is 23.9 Å². The normalized spacial score (nSPS) is 21.1. The molecule has 0 unspecified atom stereocenters. The molecular weight excluding hydrogens is 356 g/mol. The predicted octanol–water partition coefficient (Wildman–Crippen LogP) is 4.61. The molecule has 0 radical (unpaired) electrons. The van der Waals surface area contributed by atoms with Crippen molar-refractivity contribution in [1.29, 1.82) is 0 Å². The molecule has 0 spiro atoms. The maximum absolute atomic E-state index is 12.5. The second kappa shape index (κ2) is 14.2. The molecular formula is C23H36O5. The summed E-state index contributed by atoms with van der Waals surface area (Å²) in [6.07, 6.45) is 10.2. The molecule has 5 nitrogen and oxygen atoms in total. The highest BCUT2D eigenvalue weighted by atomic mass is 16.5. The van der Waals surface area contributed by atoms with E-state index in [1.165, 1.54) is 33.3 Å². The van der Waals surface area contributed by atoms with E-state index in [4.69, 9.17) is 4.74 Å². The number of methoxy groups -OCH3 is 1. The molecule has 1 aliphatic carbocycles. The number of unbranched alkanes of at least 4 members (excludes halogenated alkanes) is 7. The molecule has 5 heteroatoms. The molecule has 0 aromatic carbocycles. The van der Waals surface area contributed by atoms with E-state index in [2.05, 4.69) is 23.5 Å². The monoisotopic (exact) mass is 392 g/mol. The van der Waals surface area contributed by atoms with Gasteiger partial charge in [0.25, 0.3) is 0 Å². The zero-order valence-electron chi connectivity index (χ0n) is 17.8. The Labute approximate surface area is 169 Å². The van der Waals surface area contributed by atoms with Crippen LogP contribution in [0.4, 0.5) is 0 Å². The molecule has 158 valence electrons. The van der Waals surface area contributed by atoms with Gasteiger partial charge in [-0.15, -0.1) is 5.92 Å². The molecule has 28 heavy (non-hydrogen) atoms. The van der Waals surface area contributed by atoms with Gasteiger partial charge in [-0.3, -0.25) is 14.4 Å². The van der Waals surface area contributed by atoms with Crippen LogP contribution in [0, 0.1) is 23.7 Å². The van der Waals surface area contributed by atoms with Gasteiger partial charge in [-0.1, -0.05) is 51.4 Å². The standard InChI is InChI=1S/C23H36O5/c1-4-5-6-7-8-12-15-20-19(21(25)17-22(20)28-18(2)24)14-11-9-10-13-16-23(26)27-3/h19-20,22H,4-11,13-14,16-17H2,1-3H3/t19-,20+,22-/m1/s1. The summed E-state index contributed by atoms with van der Waals surface area (Å²) < 4.78 is 10.0. The molecule has 0 amide bonds. The molecule has 0 aromatic rings. The Morgan fingerprint density at radius 1 is 1.07 bits per heavy atom. The molecule has 1 saturated carbocycles. The lowest BCUT2D eigenvalue weighted by molar-refractivity contribution is -0.147. The van der Waals surface area contributed by atoms with Gasteiger partial charge in [0, 0.05) is 32.1 Å². The third-order valence-electron chi connectivity index (χ3n) is 5.27. The fourth-order valence-corrected chi connectivity index (χ4v) is 3.72. The van der Waals surface area contributed by atoms with E-state index in [0.29, 0.717) is 6.42 Å². The van der Waals surface area contributed by atoms with E-state index < -0.39 is 6.10 Å². The van der Waals surface area contributed by atoms with Crippen LogP contribution in [0.15, 0.2) is 0 Å². The lowest BCUT2D eigenvalue weighted by atomic mass is 9.89. The first-order chi connectivity index (χ1) is 13.5. The number of hydrogen-bond donors (Lipinski definition) is 0. The van der Waals surface area contributed by atoms with Crippen LogP contribution >= 0.6 is 0 Å². The number of ketones is 1. The third kappa shape index (κ3) is 9.39. The summed E-state index contributed by atoms with van der Waals surface area (Å²) in [6.45, 7) is 3.56. The van der Waals surface area contributed by atoms with E-state index in [1.807, 2.05) is 0 Å². The average molecular weight is 393 g/mol. The van der Waals surface area contributed by atoms with Crippen LogP contribution in [0.3, 0.4) is 0 Å². The Bertz CT molecular complexity index is 557. The minimum atomic E-state index is -0.405. The quantitative estimate of drug-likeness (QED) is 0.275. The summed E-state index contributed by atoms with van der Waals surface area (Å²) in [5.74, 6) is 5.79. The molecule has 0 bridgehead atoms. The highest BCUT2D eigenvalue weighted by Gasteiger charge is 2.42. The van der Waals surface area contributed by atoms with Gasteiger partial charge >= 0.3 is 11.9 Å². The summed E-state index contributed by atoms with van der Waals surface area (Å²) in [5.41, 5.74) is 0. The lowest BCUT2D eigenvalue weighted by Gasteiger charge is -2.18. The Kier molecular flexibility index (Phi) is 12.3. The minimum Gasteiger partial charge on any atom is -0.469 e. The van der Waals surface area contributed by atoms with E-state index in [0.717, 1.165) is 44.9 Å². The van der Waals surface area contributed by atoms with Crippen molar-refractivity contribution in [2.45, 2.75) is 97.0 Å². The number of esters is 2.